The van der Waals surface area contributed by atoms with Gasteiger partial charge >= 0.3 is 0 Å². The van der Waals surface area contributed by atoms with E-state index in [1.807, 2.05) is 19.1 Å². The molecule has 9 heteroatoms. The second kappa shape index (κ2) is 9.81. The predicted octanol–water partition coefficient (Wildman–Crippen LogP) is 2.59. The topological polar surface area (TPSA) is 147 Å². The number of rotatable bonds is 9. The second-order valence-electron chi connectivity index (χ2n) is 10.7. The molecule has 6 N–H and O–H groups in total. The maximum atomic E-state index is 12.8. The van der Waals surface area contributed by atoms with Crippen molar-refractivity contribution in [3.63, 3.8) is 0 Å². The summed E-state index contributed by atoms with van der Waals surface area (Å²) in [5, 5.41) is 23.5. The summed E-state index contributed by atoms with van der Waals surface area (Å²) in [7, 11) is 0. The Morgan fingerprint density at radius 1 is 1.28 bits per heavy atom. The first-order chi connectivity index (χ1) is 17.0. The first-order valence-electron chi connectivity index (χ1n) is 12.1. The van der Waals surface area contributed by atoms with Gasteiger partial charge in [0.1, 0.15) is 18.1 Å². The van der Waals surface area contributed by atoms with Gasteiger partial charge in [-0.25, -0.2) is 0 Å². The molecule has 0 radical (unpaired) electrons. The summed E-state index contributed by atoms with van der Waals surface area (Å²) in [6, 6.07) is 5.42. The monoisotopic (exact) mass is 494 g/mol. The van der Waals surface area contributed by atoms with Crippen molar-refractivity contribution in [1.29, 1.82) is 5.41 Å². The molecule has 2 aliphatic carbocycles. The van der Waals surface area contributed by atoms with Crippen molar-refractivity contribution in [3.05, 3.63) is 64.7 Å². The number of allylic oxidation sites excluding steroid dienone is 2. The Bertz CT molecular complexity index is 1150. The van der Waals surface area contributed by atoms with Crippen molar-refractivity contribution >= 4 is 18.0 Å². The molecule has 0 aromatic heterocycles. The molecule has 0 saturated heterocycles. The third kappa shape index (κ3) is 5.79. The van der Waals surface area contributed by atoms with Gasteiger partial charge in [-0.05, 0) is 81.7 Å². The molecule has 192 valence electrons. The third-order valence-electron chi connectivity index (χ3n) is 6.77. The van der Waals surface area contributed by atoms with Crippen molar-refractivity contribution in [2.45, 2.75) is 64.2 Å². The molecule has 4 rings (SSSR count). The van der Waals surface area contributed by atoms with Crippen LogP contribution in [-0.2, 0) is 9.53 Å². The van der Waals surface area contributed by atoms with Gasteiger partial charge in [0.05, 0.1) is 28.5 Å². The molecule has 1 aromatic carbocycles. The molecule has 0 bridgehead atoms. The largest absolute Gasteiger partial charge is 0.490 e. The molecule has 2 fully saturated rings. The molecule has 3 aliphatic rings. The fourth-order valence-electron chi connectivity index (χ4n) is 4.98. The Labute approximate surface area is 210 Å². The highest BCUT2D eigenvalue weighted by molar-refractivity contribution is 6.12. The quantitative estimate of drug-likeness (QED) is 0.263. The number of carbonyl (C=O) groups is 2. The van der Waals surface area contributed by atoms with Crippen LogP contribution in [0.4, 0.5) is 0 Å². The molecular weight excluding hydrogens is 460 g/mol. The number of primary amides is 1. The van der Waals surface area contributed by atoms with E-state index in [9.17, 15) is 14.7 Å². The maximum Gasteiger partial charge on any atom is 0.255 e. The van der Waals surface area contributed by atoms with Gasteiger partial charge in [0.25, 0.3) is 11.8 Å². The summed E-state index contributed by atoms with van der Waals surface area (Å²) >= 11 is 0. The fraction of sp³-hybridized carbons (Fsp3) is 0.444. The predicted molar refractivity (Wildman–Crippen MR) is 135 cm³/mol. The number of benzene rings is 1. The van der Waals surface area contributed by atoms with E-state index in [0.29, 0.717) is 22.8 Å². The Hall–Kier alpha value is -3.59. The van der Waals surface area contributed by atoms with E-state index in [2.05, 4.69) is 10.6 Å². The van der Waals surface area contributed by atoms with Crippen molar-refractivity contribution in [1.82, 2.24) is 10.6 Å². The van der Waals surface area contributed by atoms with Gasteiger partial charge < -0.3 is 36.4 Å². The van der Waals surface area contributed by atoms with Gasteiger partial charge in [-0.15, -0.1) is 0 Å². The van der Waals surface area contributed by atoms with Gasteiger partial charge in [-0.3, -0.25) is 9.59 Å². The zero-order valence-corrected chi connectivity index (χ0v) is 20.9. The highest BCUT2D eigenvalue weighted by atomic mass is 16.5. The zero-order valence-electron chi connectivity index (χ0n) is 20.9. The molecule has 1 aromatic rings. The molecular formula is C27H34N4O5. The molecule has 36 heavy (non-hydrogen) atoms. The van der Waals surface area contributed by atoms with E-state index in [1.54, 1.807) is 38.3 Å². The highest BCUT2D eigenvalue weighted by Gasteiger charge is 2.54. The number of dihydropyridines is 1. The normalized spacial score (nSPS) is 26.1. The van der Waals surface area contributed by atoms with Crippen LogP contribution in [0.15, 0.2) is 53.6 Å². The number of carbonyl (C=O) groups excluding carboxylic acids is 2. The van der Waals surface area contributed by atoms with Crippen LogP contribution >= 0.6 is 0 Å². The summed E-state index contributed by atoms with van der Waals surface area (Å²) in [6.07, 6.45) is 9.49. The standard InChI is InChI=1S/C27H34N4O5/c1-16-4-6-20(24(29)32)23(8-16)36-19-11-27(12-19)9-17(10-27)31-25(33)21(13-28)22-7-5-18(14-30-22)35-15-26(2,3)34/h4-8,13-14,17,19,28,30,34H,9-12,15H2,1-3H3,(H2,29,32)(H,31,33)/b22-21+,28-13?. The van der Waals surface area contributed by atoms with Crippen LogP contribution in [0.5, 0.6) is 5.75 Å². The minimum absolute atomic E-state index is 0.0250. The Morgan fingerprint density at radius 3 is 2.58 bits per heavy atom. The van der Waals surface area contributed by atoms with E-state index >= 15 is 0 Å². The average Bonchev–Trinajstić information content (AvgIpc) is 2.75. The summed E-state index contributed by atoms with van der Waals surface area (Å²) in [5.41, 5.74) is 6.81. The molecule has 1 aliphatic heterocycles. The van der Waals surface area contributed by atoms with Crippen LogP contribution in [0.3, 0.4) is 0 Å². The molecule has 2 amide bonds. The lowest BCUT2D eigenvalue weighted by Gasteiger charge is -2.57. The van der Waals surface area contributed by atoms with Gasteiger partial charge in [-0.2, -0.15) is 0 Å². The smallest absolute Gasteiger partial charge is 0.255 e. The lowest BCUT2D eigenvalue weighted by atomic mass is 9.53. The minimum atomic E-state index is -0.954. The lowest BCUT2D eigenvalue weighted by Crippen LogP contribution is -2.59. The van der Waals surface area contributed by atoms with E-state index < -0.39 is 11.5 Å². The summed E-state index contributed by atoms with van der Waals surface area (Å²) in [5.74, 6) is 0.257. The average molecular weight is 495 g/mol. The number of nitrogens with one attached hydrogen (secondary N) is 3. The molecule has 2 saturated carbocycles. The number of ether oxygens (including phenoxy) is 2. The molecule has 1 heterocycles. The van der Waals surface area contributed by atoms with Crippen LogP contribution in [-0.4, -0.2) is 47.5 Å². The van der Waals surface area contributed by atoms with E-state index in [4.69, 9.17) is 20.6 Å². The Balaban J connectivity index is 1.26. The Kier molecular flexibility index (Phi) is 6.95. The zero-order chi connectivity index (χ0) is 26.1. The van der Waals surface area contributed by atoms with Crippen LogP contribution in [0.1, 0.15) is 55.5 Å². The lowest BCUT2D eigenvalue weighted by molar-refractivity contribution is -0.123. The third-order valence-corrected chi connectivity index (χ3v) is 6.77. The number of aliphatic hydroxyl groups is 1. The number of hydrogen-bond donors (Lipinski definition) is 5. The van der Waals surface area contributed by atoms with Crippen molar-refractivity contribution in [2.75, 3.05) is 6.61 Å². The molecule has 0 atom stereocenters. The van der Waals surface area contributed by atoms with Crippen LogP contribution in [0.25, 0.3) is 0 Å². The van der Waals surface area contributed by atoms with Crippen LogP contribution in [0, 0.1) is 17.7 Å². The maximum absolute atomic E-state index is 12.8. The Morgan fingerprint density at radius 2 is 2.00 bits per heavy atom. The minimum Gasteiger partial charge on any atom is -0.490 e. The van der Waals surface area contributed by atoms with Crippen LogP contribution in [0.2, 0.25) is 0 Å². The van der Waals surface area contributed by atoms with Crippen molar-refractivity contribution < 1.29 is 24.2 Å². The SMILES string of the molecule is Cc1ccc(C(N)=O)c(OC2CC3(CC(NC(=O)/C(C=N)=C4\C=CC(OCC(C)(C)O)=CN4)C3)C2)c1. The van der Waals surface area contributed by atoms with Gasteiger partial charge in [0, 0.05) is 18.5 Å². The first kappa shape index (κ1) is 25.5. The van der Waals surface area contributed by atoms with E-state index in [0.717, 1.165) is 37.5 Å². The summed E-state index contributed by atoms with van der Waals surface area (Å²) in [4.78, 5) is 24.5. The van der Waals surface area contributed by atoms with E-state index in [-0.39, 0.29) is 35.6 Å². The number of aryl methyl sites for hydroxylation is 1. The molecule has 9 nitrogen and oxygen atoms in total. The van der Waals surface area contributed by atoms with Crippen LogP contribution < -0.4 is 21.1 Å². The molecule has 1 spiro atoms. The number of amides is 2. The second-order valence-corrected chi connectivity index (χ2v) is 10.7. The number of hydrogen-bond acceptors (Lipinski definition) is 7. The summed E-state index contributed by atoms with van der Waals surface area (Å²) < 4.78 is 11.6. The van der Waals surface area contributed by atoms with Crippen molar-refractivity contribution in [3.8, 4) is 5.75 Å². The fourth-order valence-corrected chi connectivity index (χ4v) is 4.98. The highest BCUT2D eigenvalue weighted by Crippen LogP contribution is 2.57. The first-order valence-corrected chi connectivity index (χ1v) is 12.1. The number of nitrogens with two attached hydrogens (primary N) is 1. The van der Waals surface area contributed by atoms with Crippen molar-refractivity contribution in [2.24, 2.45) is 11.1 Å². The summed E-state index contributed by atoms with van der Waals surface area (Å²) in [6.45, 7) is 5.38. The van der Waals surface area contributed by atoms with E-state index in [1.165, 1.54) is 0 Å². The molecule has 0 unspecified atom stereocenters. The van der Waals surface area contributed by atoms with Gasteiger partial charge in [0.2, 0.25) is 0 Å². The van der Waals surface area contributed by atoms with Gasteiger partial charge in [-0.1, -0.05) is 6.07 Å². The van der Waals surface area contributed by atoms with Gasteiger partial charge in [0.15, 0.2) is 0 Å².